The first-order chi connectivity index (χ1) is 28.5. The quantitative estimate of drug-likeness (QED) is 0.0848. The standard InChI is InChI=1S/C45H49N5O8S/c1-32-7-21-41(22-8-32)59(55,56)47-42(27-33-5-3-2-4-6-33)44(52)46-29-34-9-15-37(16-10-34)45-57-40(28-43(58-45)36-13-11-35(31-51)12-14-36)30-48-23-25-49(26-24-48)38-17-19-39(20-18-38)50(53)54/h2-22,40,42-43,45,47,51H,23-31H2,1H3,(H,46,52)/t40-,42+,43+,45+/m0/s1. The molecule has 0 radical (unpaired) electrons. The normalized spacial score (nSPS) is 19.2. The van der Waals surface area contributed by atoms with E-state index in [0.29, 0.717) is 13.0 Å². The van der Waals surface area contributed by atoms with Crippen molar-refractivity contribution in [3.63, 3.8) is 0 Å². The summed E-state index contributed by atoms with van der Waals surface area (Å²) >= 11 is 0. The van der Waals surface area contributed by atoms with Gasteiger partial charge in [0.1, 0.15) is 6.04 Å². The van der Waals surface area contributed by atoms with E-state index in [-0.39, 0.29) is 47.3 Å². The number of piperazine rings is 1. The molecule has 308 valence electrons. The van der Waals surface area contributed by atoms with Gasteiger partial charge in [0.2, 0.25) is 15.9 Å². The van der Waals surface area contributed by atoms with Crippen LogP contribution < -0.4 is 14.9 Å². The molecule has 3 N–H and O–H groups in total. The summed E-state index contributed by atoms with van der Waals surface area (Å²) in [6.07, 6.45) is -0.246. The first-order valence-corrected chi connectivity index (χ1v) is 21.2. The fraction of sp³-hybridized carbons (Fsp3) is 0.311. The molecule has 59 heavy (non-hydrogen) atoms. The van der Waals surface area contributed by atoms with E-state index in [1.54, 1.807) is 24.3 Å². The van der Waals surface area contributed by atoms with Gasteiger partial charge in [-0.25, -0.2) is 8.42 Å². The number of hydrogen-bond donors (Lipinski definition) is 3. The van der Waals surface area contributed by atoms with Gasteiger partial charge in [0, 0.05) is 69.1 Å². The SMILES string of the molecule is Cc1ccc(S(=O)(=O)N[C@H](Cc2ccccc2)C(=O)NCc2ccc([C@@H]3O[C@H](CN4CCN(c5ccc([N+](=O)[O-])cc5)CC4)C[C@H](c4ccc(CO)cc4)O3)cc2)cc1. The monoisotopic (exact) mass is 819 g/mol. The number of nitro groups is 1. The van der Waals surface area contributed by atoms with Crippen molar-refractivity contribution in [3.8, 4) is 0 Å². The third-order valence-electron chi connectivity index (χ3n) is 10.8. The number of ether oxygens (including phenoxy) is 2. The lowest BCUT2D eigenvalue weighted by atomic mass is 9.99. The lowest BCUT2D eigenvalue weighted by Gasteiger charge is -2.41. The zero-order valence-electron chi connectivity index (χ0n) is 32.9. The number of nitrogens with one attached hydrogen (secondary N) is 2. The summed E-state index contributed by atoms with van der Waals surface area (Å²) in [6.45, 7) is 5.87. The lowest BCUT2D eigenvalue weighted by molar-refractivity contribution is -0.384. The molecule has 0 aliphatic carbocycles. The number of carbonyl (C=O) groups is 1. The van der Waals surface area contributed by atoms with E-state index in [2.05, 4.69) is 19.8 Å². The molecule has 4 atom stereocenters. The van der Waals surface area contributed by atoms with E-state index in [4.69, 9.17) is 9.47 Å². The van der Waals surface area contributed by atoms with Gasteiger partial charge >= 0.3 is 0 Å². The summed E-state index contributed by atoms with van der Waals surface area (Å²) in [5.41, 5.74) is 6.23. The molecule has 0 bridgehead atoms. The van der Waals surface area contributed by atoms with E-state index in [1.807, 2.05) is 85.8 Å². The van der Waals surface area contributed by atoms with Crippen LogP contribution in [0, 0.1) is 17.0 Å². The molecule has 14 heteroatoms. The number of carbonyl (C=O) groups excluding carboxylic acids is 1. The highest BCUT2D eigenvalue weighted by molar-refractivity contribution is 7.89. The van der Waals surface area contributed by atoms with Gasteiger partial charge < -0.3 is 24.8 Å². The molecule has 2 aliphatic rings. The molecule has 5 aromatic rings. The highest BCUT2D eigenvalue weighted by Gasteiger charge is 2.34. The molecular formula is C45H49N5O8S. The van der Waals surface area contributed by atoms with Crippen LogP contribution in [0.25, 0.3) is 0 Å². The van der Waals surface area contributed by atoms with E-state index in [1.165, 1.54) is 24.3 Å². The van der Waals surface area contributed by atoms with Crippen LogP contribution in [0.15, 0.2) is 132 Å². The molecule has 13 nitrogen and oxygen atoms in total. The van der Waals surface area contributed by atoms with Crippen molar-refractivity contribution in [1.82, 2.24) is 14.9 Å². The maximum Gasteiger partial charge on any atom is 0.269 e. The van der Waals surface area contributed by atoms with Crippen LogP contribution in [0.3, 0.4) is 0 Å². The Balaban J connectivity index is 1.00. The van der Waals surface area contributed by atoms with Crippen molar-refractivity contribution >= 4 is 27.3 Å². The van der Waals surface area contributed by atoms with Crippen molar-refractivity contribution in [2.75, 3.05) is 37.6 Å². The van der Waals surface area contributed by atoms with Crippen molar-refractivity contribution in [1.29, 1.82) is 0 Å². The fourth-order valence-corrected chi connectivity index (χ4v) is 8.61. The average Bonchev–Trinajstić information content (AvgIpc) is 3.26. The lowest BCUT2D eigenvalue weighted by Crippen LogP contribution is -2.49. The number of hydrogen-bond acceptors (Lipinski definition) is 10. The zero-order valence-corrected chi connectivity index (χ0v) is 33.7. The molecule has 2 aliphatic heterocycles. The number of sulfonamides is 1. The second-order valence-electron chi connectivity index (χ2n) is 15.0. The Labute approximate surface area is 344 Å². The van der Waals surface area contributed by atoms with E-state index < -0.39 is 28.3 Å². The Bertz CT molecular complexity index is 2270. The van der Waals surface area contributed by atoms with Gasteiger partial charge in [-0.2, -0.15) is 4.72 Å². The second-order valence-corrected chi connectivity index (χ2v) is 16.8. The molecule has 2 saturated heterocycles. The number of nitrogens with zero attached hydrogens (tertiary/aromatic N) is 3. The molecule has 2 fully saturated rings. The number of amides is 1. The summed E-state index contributed by atoms with van der Waals surface area (Å²) in [4.78, 5) is 29.0. The molecule has 0 unspecified atom stereocenters. The molecule has 0 aromatic heterocycles. The van der Waals surface area contributed by atoms with Crippen molar-refractivity contribution in [2.45, 2.75) is 62.4 Å². The van der Waals surface area contributed by atoms with Crippen LogP contribution in [0.4, 0.5) is 11.4 Å². The highest BCUT2D eigenvalue weighted by atomic mass is 32.2. The Morgan fingerprint density at radius 3 is 2.10 bits per heavy atom. The molecular weight excluding hydrogens is 771 g/mol. The molecule has 7 rings (SSSR count). The van der Waals surface area contributed by atoms with Crippen LogP contribution in [-0.4, -0.2) is 74.1 Å². The number of nitro benzene ring substituents is 1. The average molecular weight is 820 g/mol. The zero-order chi connectivity index (χ0) is 41.4. The number of anilines is 1. The van der Waals surface area contributed by atoms with Crippen LogP contribution in [0.2, 0.25) is 0 Å². The first kappa shape index (κ1) is 41.7. The molecule has 2 heterocycles. The number of rotatable bonds is 15. The van der Waals surface area contributed by atoms with Crippen molar-refractivity contribution in [2.24, 2.45) is 0 Å². The van der Waals surface area contributed by atoms with Crippen LogP contribution in [-0.2, 0) is 43.9 Å². The Kier molecular flexibility index (Phi) is 13.5. The molecule has 0 spiro atoms. The maximum absolute atomic E-state index is 13.6. The minimum Gasteiger partial charge on any atom is -0.392 e. The van der Waals surface area contributed by atoms with Gasteiger partial charge in [0.15, 0.2) is 6.29 Å². The third-order valence-corrected chi connectivity index (χ3v) is 12.3. The number of aliphatic hydroxyl groups excluding tert-OH is 1. The summed E-state index contributed by atoms with van der Waals surface area (Å²) in [7, 11) is -3.98. The summed E-state index contributed by atoms with van der Waals surface area (Å²) < 4.78 is 42.5. The highest BCUT2D eigenvalue weighted by Crippen LogP contribution is 2.38. The largest absolute Gasteiger partial charge is 0.392 e. The Morgan fingerprint density at radius 1 is 0.814 bits per heavy atom. The molecule has 5 aromatic carbocycles. The molecule has 1 amide bonds. The van der Waals surface area contributed by atoms with Crippen molar-refractivity contribution in [3.05, 3.63) is 171 Å². The maximum atomic E-state index is 13.6. The minimum atomic E-state index is -3.98. The Hall–Kier alpha value is -5.48. The van der Waals surface area contributed by atoms with Gasteiger partial charge in [0.05, 0.1) is 28.6 Å². The van der Waals surface area contributed by atoms with E-state index >= 15 is 0 Å². The summed E-state index contributed by atoms with van der Waals surface area (Å²) in [5, 5.41) is 23.7. The van der Waals surface area contributed by atoms with Gasteiger partial charge in [-0.3, -0.25) is 19.8 Å². The predicted molar refractivity (Wildman–Crippen MR) is 224 cm³/mol. The first-order valence-electron chi connectivity index (χ1n) is 19.7. The number of non-ortho nitro benzene ring substituents is 1. The van der Waals surface area contributed by atoms with Gasteiger partial charge in [-0.15, -0.1) is 0 Å². The van der Waals surface area contributed by atoms with Gasteiger partial charge in [0.25, 0.3) is 5.69 Å². The van der Waals surface area contributed by atoms with Crippen LogP contribution >= 0.6 is 0 Å². The third kappa shape index (κ3) is 11.0. The summed E-state index contributed by atoms with van der Waals surface area (Å²) in [5.74, 6) is -0.445. The topological polar surface area (TPSA) is 164 Å². The van der Waals surface area contributed by atoms with Gasteiger partial charge in [-0.1, -0.05) is 96.6 Å². The molecule has 0 saturated carbocycles. The van der Waals surface area contributed by atoms with E-state index in [0.717, 1.165) is 65.2 Å². The fourth-order valence-electron chi connectivity index (χ4n) is 7.41. The second kappa shape index (κ2) is 19.1. The van der Waals surface area contributed by atoms with Gasteiger partial charge in [-0.05, 0) is 59.9 Å². The number of benzene rings is 5. The Morgan fingerprint density at radius 2 is 1.46 bits per heavy atom. The van der Waals surface area contributed by atoms with Crippen LogP contribution in [0.1, 0.15) is 52.2 Å². The number of aliphatic hydroxyl groups is 1. The van der Waals surface area contributed by atoms with E-state index in [9.17, 15) is 28.4 Å². The predicted octanol–water partition coefficient (Wildman–Crippen LogP) is 5.97. The minimum absolute atomic E-state index is 0.0461. The smallest absolute Gasteiger partial charge is 0.269 e. The van der Waals surface area contributed by atoms with Crippen molar-refractivity contribution < 1.29 is 32.7 Å². The summed E-state index contributed by atoms with van der Waals surface area (Å²) in [6, 6.07) is 36.8. The number of aryl methyl sites for hydroxylation is 1. The van der Waals surface area contributed by atoms with Crippen LogP contribution in [0.5, 0.6) is 0 Å².